The highest BCUT2D eigenvalue weighted by molar-refractivity contribution is 5.88. The molecule has 0 unspecified atom stereocenters. The van der Waals surface area contributed by atoms with Gasteiger partial charge in [0.25, 0.3) is 0 Å². The zero-order valence-electron chi connectivity index (χ0n) is 16.9. The third kappa shape index (κ3) is 4.36. The zero-order valence-corrected chi connectivity index (χ0v) is 16.9. The highest BCUT2D eigenvalue weighted by Crippen LogP contribution is 2.29. The molecule has 1 aromatic heterocycles. The SMILES string of the molecule is O=C(Nc1nc2ccc(-c3ccc4c(c3)CNCCO4)cc2[nH]1)OCc1ccccc1. The van der Waals surface area contributed by atoms with Crippen LogP contribution in [0, 0.1) is 0 Å². The number of nitrogens with zero attached hydrogens (tertiary/aromatic N) is 1. The first-order valence-corrected chi connectivity index (χ1v) is 10.2. The molecule has 156 valence electrons. The van der Waals surface area contributed by atoms with Crippen molar-refractivity contribution in [1.29, 1.82) is 0 Å². The molecule has 1 aliphatic rings. The molecule has 7 heteroatoms. The highest BCUT2D eigenvalue weighted by Gasteiger charge is 2.12. The largest absolute Gasteiger partial charge is 0.492 e. The van der Waals surface area contributed by atoms with Gasteiger partial charge in [-0.05, 0) is 41.0 Å². The van der Waals surface area contributed by atoms with Gasteiger partial charge in [0.05, 0.1) is 11.0 Å². The molecule has 1 amide bonds. The molecule has 3 aromatic carbocycles. The Morgan fingerprint density at radius 3 is 2.81 bits per heavy atom. The van der Waals surface area contributed by atoms with Crippen LogP contribution < -0.4 is 15.4 Å². The quantitative estimate of drug-likeness (QED) is 0.459. The van der Waals surface area contributed by atoms with Crippen LogP contribution in [0.3, 0.4) is 0 Å². The maximum absolute atomic E-state index is 12.1. The molecule has 2 heterocycles. The Hall–Kier alpha value is -3.84. The molecular weight excluding hydrogens is 392 g/mol. The van der Waals surface area contributed by atoms with Gasteiger partial charge in [0.15, 0.2) is 0 Å². The van der Waals surface area contributed by atoms with Gasteiger partial charge in [-0.2, -0.15) is 0 Å². The Morgan fingerprint density at radius 2 is 1.90 bits per heavy atom. The normalized spacial score (nSPS) is 13.2. The van der Waals surface area contributed by atoms with Crippen molar-refractivity contribution >= 4 is 23.1 Å². The molecule has 5 rings (SSSR count). The lowest BCUT2D eigenvalue weighted by Crippen LogP contribution is -2.16. The van der Waals surface area contributed by atoms with Crippen molar-refractivity contribution in [1.82, 2.24) is 15.3 Å². The Morgan fingerprint density at radius 1 is 1.06 bits per heavy atom. The van der Waals surface area contributed by atoms with Gasteiger partial charge in [0, 0.05) is 18.7 Å². The van der Waals surface area contributed by atoms with E-state index in [2.05, 4.69) is 32.7 Å². The average molecular weight is 414 g/mol. The number of fused-ring (bicyclic) bond motifs is 2. The molecule has 1 aliphatic heterocycles. The van der Waals surface area contributed by atoms with Gasteiger partial charge in [0.1, 0.15) is 19.0 Å². The molecule has 0 spiro atoms. The van der Waals surface area contributed by atoms with Crippen LogP contribution in [0.2, 0.25) is 0 Å². The summed E-state index contributed by atoms with van der Waals surface area (Å²) in [6.45, 7) is 2.51. The van der Waals surface area contributed by atoms with Gasteiger partial charge in [0.2, 0.25) is 5.95 Å². The van der Waals surface area contributed by atoms with E-state index in [1.807, 2.05) is 54.6 Å². The van der Waals surface area contributed by atoms with Crippen LogP contribution in [0.4, 0.5) is 10.7 Å². The summed E-state index contributed by atoms with van der Waals surface area (Å²) in [5, 5.41) is 6.02. The monoisotopic (exact) mass is 414 g/mol. The summed E-state index contributed by atoms with van der Waals surface area (Å²) in [5.74, 6) is 1.28. The van der Waals surface area contributed by atoms with E-state index in [9.17, 15) is 4.79 Å². The van der Waals surface area contributed by atoms with Crippen molar-refractivity contribution in [3.05, 3.63) is 77.9 Å². The smallest absolute Gasteiger partial charge is 0.414 e. The second-order valence-corrected chi connectivity index (χ2v) is 7.35. The average Bonchev–Trinajstić information content (AvgIpc) is 3.04. The molecule has 0 fully saturated rings. The molecular formula is C24H22N4O3. The van der Waals surface area contributed by atoms with Crippen molar-refractivity contribution < 1.29 is 14.3 Å². The predicted octanol–water partition coefficient (Wildman–Crippen LogP) is 4.46. The Labute approximate surface area is 179 Å². The summed E-state index contributed by atoms with van der Waals surface area (Å²) >= 11 is 0. The van der Waals surface area contributed by atoms with Crippen LogP contribution in [0.5, 0.6) is 5.75 Å². The lowest BCUT2D eigenvalue weighted by molar-refractivity contribution is 0.155. The summed E-state index contributed by atoms with van der Waals surface area (Å²) in [6, 6.07) is 21.7. The molecule has 0 saturated carbocycles. The lowest BCUT2D eigenvalue weighted by Gasteiger charge is -2.09. The number of hydrogen-bond donors (Lipinski definition) is 3. The topological polar surface area (TPSA) is 88.3 Å². The van der Waals surface area contributed by atoms with Crippen LogP contribution in [0.1, 0.15) is 11.1 Å². The second-order valence-electron chi connectivity index (χ2n) is 7.35. The number of anilines is 1. The molecule has 0 radical (unpaired) electrons. The van der Waals surface area contributed by atoms with E-state index in [1.165, 1.54) is 0 Å². The Balaban J connectivity index is 1.31. The third-order valence-electron chi connectivity index (χ3n) is 5.16. The summed E-state index contributed by atoms with van der Waals surface area (Å²) in [6.07, 6.45) is -0.554. The van der Waals surface area contributed by atoms with E-state index < -0.39 is 6.09 Å². The Kier molecular flexibility index (Phi) is 5.24. The second kappa shape index (κ2) is 8.49. The number of carbonyl (C=O) groups is 1. The van der Waals surface area contributed by atoms with E-state index >= 15 is 0 Å². The molecule has 4 aromatic rings. The standard InChI is InChI=1S/C24H22N4O3/c29-24(31-15-16-4-2-1-3-5-16)28-23-26-20-8-6-18(13-21(20)27-23)17-7-9-22-19(12-17)14-25-10-11-30-22/h1-9,12-13,25H,10-11,14-15H2,(H2,26,27,28,29). The van der Waals surface area contributed by atoms with Crippen LogP contribution in [0.25, 0.3) is 22.2 Å². The fraction of sp³-hybridized carbons (Fsp3) is 0.167. The van der Waals surface area contributed by atoms with Crippen LogP contribution in [-0.4, -0.2) is 29.2 Å². The number of ether oxygens (including phenoxy) is 2. The van der Waals surface area contributed by atoms with E-state index in [-0.39, 0.29) is 6.61 Å². The number of benzene rings is 3. The molecule has 0 bridgehead atoms. The number of carbonyl (C=O) groups excluding carboxylic acids is 1. The minimum Gasteiger partial charge on any atom is -0.492 e. The van der Waals surface area contributed by atoms with E-state index in [1.54, 1.807) is 0 Å². The number of nitrogens with one attached hydrogen (secondary N) is 3. The van der Waals surface area contributed by atoms with E-state index in [0.717, 1.165) is 52.1 Å². The summed E-state index contributed by atoms with van der Waals surface area (Å²) in [5.41, 5.74) is 5.82. The van der Waals surface area contributed by atoms with E-state index in [4.69, 9.17) is 9.47 Å². The third-order valence-corrected chi connectivity index (χ3v) is 5.16. The van der Waals surface area contributed by atoms with Crippen LogP contribution in [-0.2, 0) is 17.9 Å². The number of imidazole rings is 1. The van der Waals surface area contributed by atoms with Crippen LogP contribution in [0.15, 0.2) is 66.7 Å². The van der Waals surface area contributed by atoms with Crippen molar-refractivity contribution in [3.8, 4) is 16.9 Å². The Bertz CT molecular complexity index is 1220. The molecule has 0 atom stereocenters. The predicted molar refractivity (Wildman–Crippen MR) is 119 cm³/mol. The van der Waals surface area contributed by atoms with Crippen LogP contribution >= 0.6 is 0 Å². The first-order chi connectivity index (χ1) is 15.2. The molecule has 0 saturated heterocycles. The molecule has 7 nitrogen and oxygen atoms in total. The lowest BCUT2D eigenvalue weighted by atomic mass is 10.0. The maximum Gasteiger partial charge on any atom is 0.414 e. The van der Waals surface area contributed by atoms with Crippen molar-refractivity contribution in [2.45, 2.75) is 13.2 Å². The number of aromatic amines is 1. The molecule has 3 N–H and O–H groups in total. The van der Waals surface area contributed by atoms with Gasteiger partial charge in [-0.15, -0.1) is 0 Å². The zero-order chi connectivity index (χ0) is 21.0. The summed E-state index contributed by atoms with van der Waals surface area (Å²) in [4.78, 5) is 19.7. The minimum absolute atomic E-state index is 0.202. The molecule has 0 aliphatic carbocycles. The summed E-state index contributed by atoms with van der Waals surface area (Å²) in [7, 11) is 0. The van der Waals surface area contributed by atoms with E-state index in [0.29, 0.717) is 12.6 Å². The van der Waals surface area contributed by atoms with Crippen molar-refractivity contribution in [2.75, 3.05) is 18.5 Å². The highest BCUT2D eigenvalue weighted by atomic mass is 16.5. The van der Waals surface area contributed by atoms with Crippen molar-refractivity contribution in [3.63, 3.8) is 0 Å². The number of hydrogen-bond acceptors (Lipinski definition) is 5. The number of rotatable bonds is 4. The molecule has 31 heavy (non-hydrogen) atoms. The first kappa shape index (κ1) is 19.1. The van der Waals surface area contributed by atoms with Gasteiger partial charge in [-0.3, -0.25) is 5.32 Å². The summed E-state index contributed by atoms with van der Waals surface area (Å²) < 4.78 is 11.0. The fourth-order valence-electron chi connectivity index (χ4n) is 3.60. The van der Waals surface area contributed by atoms with Crippen molar-refractivity contribution in [2.24, 2.45) is 0 Å². The number of H-pyrrole nitrogens is 1. The maximum atomic E-state index is 12.1. The first-order valence-electron chi connectivity index (χ1n) is 10.2. The van der Waals surface area contributed by atoms with Gasteiger partial charge < -0.3 is 19.8 Å². The van der Waals surface area contributed by atoms with Gasteiger partial charge in [-0.1, -0.05) is 42.5 Å². The van der Waals surface area contributed by atoms with Gasteiger partial charge in [-0.25, -0.2) is 9.78 Å². The van der Waals surface area contributed by atoms with Gasteiger partial charge >= 0.3 is 6.09 Å². The fourth-order valence-corrected chi connectivity index (χ4v) is 3.60. The minimum atomic E-state index is -0.554. The number of amides is 1. The number of aromatic nitrogens is 2.